The van der Waals surface area contributed by atoms with Gasteiger partial charge in [0, 0.05) is 4.91 Å². The fourth-order valence-corrected chi connectivity index (χ4v) is 1.72. The van der Waals surface area contributed by atoms with Crippen LogP contribution >= 0.6 is 0 Å². The Morgan fingerprint density at radius 3 is 2.67 bits per heavy atom. The third kappa shape index (κ3) is 2.03. The quantitative estimate of drug-likeness (QED) is 0.404. The maximum Gasteiger partial charge on any atom is 0.0700 e. The van der Waals surface area contributed by atoms with E-state index in [1.165, 1.54) is 0 Å². The van der Waals surface area contributed by atoms with Crippen LogP contribution in [-0.4, -0.2) is 5.54 Å². The molecule has 0 unspecified atom stereocenters. The van der Waals surface area contributed by atoms with Crippen LogP contribution in [0.25, 0.3) is 16.5 Å². The van der Waals surface area contributed by atoms with Gasteiger partial charge in [-0.3, -0.25) is 0 Å². The van der Waals surface area contributed by atoms with Crippen LogP contribution < -0.4 is 0 Å². The first-order valence-corrected chi connectivity index (χ1v) is 5.07. The first kappa shape index (κ1) is 9.81. The van der Waals surface area contributed by atoms with Crippen LogP contribution in [0.4, 0.5) is 0 Å². The Bertz CT molecular complexity index is 418. The molecule has 1 aromatic carbocycles. The fourth-order valence-electron chi connectivity index (χ4n) is 1.72. The van der Waals surface area contributed by atoms with Gasteiger partial charge < -0.3 is 0 Å². The van der Waals surface area contributed by atoms with Gasteiger partial charge in [0.15, 0.2) is 0 Å². The van der Waals surface area contributed by atoms with Gasteiger partial charge in [0.05, 0.1) is 5.54 Å². The number of nitrogens with zero attached hydrogens (tertiary/aromatic N) is 3. The molecular formula is C12H13N3. The lowest BCUT2D eigenvalue weighted by Gasteiger charge is -2.00. The minimum Gasteiger partial charge on any atom is -0.0829 e. The van der Waals surface area contributed by atoms with Crippen molar-refractivity contribution in [1.82, 2.24) is 0 Å². The molecule has 1 aliphatic carbocycles. The first-order valence-electron chi connectivity index (χ1n) is 5.07. The van der Waals surface area contributed by atoms with Gasteiger partial charge in [-0.1, -0.05) is 54.5 Å². The van der Waals surface area contributed by atoms with Gasteiger partial charge in [-0.25, -0.2) is 0 Å². The Labute approximate surface area is 89.1 Å². The Hall–Kier alpha value is -1.73. The molecule has 0 aromatic heterocycles. The Morgan fingerprint density at radius 1 is 1.47 bits per heavy atom. The lowest BCUT2D eigenvalue weighted by Crippen LogP contribution is -2.00. The van der Waals surface area contributed by atoms with Crippen LogP contribution in [-0.2, 0) is 0 Å². The summed E-state index contributed by atoms with van der Waals surface area (Å²) in [7, 11) is 0. The molecule has 3 nitrogen and oxygen atoms in total. The number of hydrogen-bond acceptors (Lipinski definition) is 1. The lowest BCUT2D eigenvalue weighted by atomic mass is 10.1. The molecule has 2 atom stereocenters. The van der Waals surface area contributed by atoms with Crippen LogP contribution in [0, 0.1) is 5.92 Å². The lowest BCUT2D eigenvalue weighted by molar-refractivity contribution is 0.753. The molecule has 0 aliphatic heterocycles. The predicted molar refractivity (Wildman–Crippen MR) is 61.1 cm³/mol. The standard InChI is InChI=1S/C12H13N3/c1-10-9-12(10,14-15-13)8-7-11-5-3-2-4-6-11/h2-8,10H,9H2,1H3/b8-7-/t10-,12-/m0/s1. The average molecular weight is 199 g/mol. The molecule has 0 N–H and O–H groups in total. The minimum atomic E-state index is -0.259. The van der Waals surface area contributed by atoms with Crippen molar-refractivity contribution >= 4 is 6.08 Å². The molecule has 3 heteroatoms. The molecule has 1 aliphatic rings. The smallest absolute Gasteiger partial charge is 0.0700 e. The zero-order valence-electron chi connectivity index (χ0n) is 8.67. The predicted octanol–water partition coefficient (Wildman–Crippen LogP) is 3.79. The van der Waals surface area contributed by atoms with Crippen LogP contribution in [0.2, 0.25) is 0 Å². The molecule has 1 aromatic rings. The van der Waals surface area contributed by atoms with E-state index >= 15 is 0 Å². The molecule has 76 valence electrons. The van der Waals surface area contributed by atoms with E-state index in [0.717, 1.165) is 12.0 Å². The van der Waals surface area contributed by atoms with Gasteiger partial charge in [0.2, 0.25) is 0 Å². The van der Waals surface area contributed by atoms with E-state index in [0.29, 0.717) is 5.92 Å². The van der Waals surface area contributed by atoms with Crippen molar-refractivity contribution in [2.45, 2.75) is 18.9 Å². The molecule has 0 saturated heterocycles. The van der Waals surface area contributed by atoms with Crippen LogP contribution in [0.5, 0.6) is 0 Å². The van der Waals surface area contributed by atoms with Gasteiger partial charge in [0.1, 0.15) is 0 Å². The summed E-state index contributed by atoms with van der Waals surface area (Å²) in [5.74, 6) is 0.466. The van der Waals surface area contributed by atoms with E-state index in [-0.39, 0.29) is 5.54 Å². The number of hydrogen-bond donors (Lipinski definition) is 0. The molecule has 0 radical (unpaired) electrons. The molecule has 0 spiro atoms. The highest BCUT2D eigenvalue weighted by Gasteiger charge is 2.48. The van der Waals surface area contributed by atoms with E-state index in [1.54, 1.807) is 0 Å². The van der Waals surface area contributed by atoms with Crippen LogP contribution in [0.15, 0.2) is 41.5 Å². The van der Waals surface area contributed by atoms with Crippen LogP contribution in [0.3, 0.4) is 0 Å². The van der Waals surface area contributed by atoms with E-state index in [1.807, 2.05) is 42.5 Å². The van der Waals surface area contributed by atoms with Crippen molar-refractivity contribution in [3.05, 3.63) is 52.4 Å². The molecular weight excluding hydrogens is 186 g/mol. The second-order valence-corrected chi connectivity index (χ2v) is 4.03. The third-order valence-electron chi connectivity index (χ3n) is 2.92. The van der Waals surface area contributed by atoms with Crippen molar-refractivity contribution in [2.24, 2.45) is 11.0 Å². The summed E-state index contributed by atoms with van der Waals surface area (Å²) in [5.41, 5.74) is 9.36. The Kier molecular flexibility index (Phi) is 2.48. The molecule has 0 bridgehead atoms. The molecule has 1 saturated carbocycles. The summed E-state index contributed by atoms with van der Waals surface area (Å²) in [6.45, 7) is 2.10. The summed E-state index contributed by atoms with van der Waals surface area (Å²) < 4.78 is 0. The molecule has 2 rings (SSSR count). The zero-order valence-corrected chi connectivity index (χ0v) is 8.67. The van der Waals surface area contributed by atoms with Gasteiger partial charge >= 0.3 is 0 Å². The Morgan fingerprint density at radius 2 is 2.13 bits per heavy atom. The third-order valence-corrected chi connectivity index (χ3v) is 2.92. The monoisotopic (exact) mass is 199 g/mol. The zero-order chi connectivity index (χ0) is 10.7. The summed E-state index contributed by atoms with van der Waals surface area (Å²) in [4.78, 5) is 2.91. The second kappa shape index (κ2) is 3.79. The second-order valence-electron chi connectivity index (χ2n) is 4.03. The summed E-state index contributed by atoms with van der Waals surface area (Å²) in [6, 6.07) is 10.0. The van der Waals surface area contributed by atoms with Gasteiger partial charge in [0.25, 0.3) is 0 Å². The van der Waals surface area contributed by atoms with Gasteiger partial charge in [-0.2, -0.15) is 0 Å². The maximum absolute atomic E-state index is 8.48. The summed E-state index contributed by atoms with van der Waals surface area (Å²) in [6.07, 6.45) is 5.01. The molecule has 0 amide bonds. The highest BCUT2D eigenvalue weighted by molar-refractivity contribution is 5.52. The Balaban J connectivity index is 2.15. The number of benzene rings is 1. The largest absolute Gasteiger partial charge is 0.0829 e. The van der Waals surface area contributed by atoms with Crippen molar-refractivity contribution in [2.75, 3.05) is 0 Å². The van der Waals surface area contributed by atoms with E-state index < -0.39 is 0 Å². The van der Waals surface area contributed by atoms with E-state index in [2.05, 4.69) is 16.9 Å². The van der Waals surface area contributed by atoms with Crippen molar-refractivity contribution < 1.29 is 0 Å². The maximum atomic E-state index is 8.48. The minimum absolute atomic E-state index is 0.259. The molecule has 15 heavy (non-hydrogen) atoms. The van der Waals surface area contributed by atoms with Crippen molar-refractivity contribution in [3.8, 4) is 0 Å². The summed E-state index contributed by atoms with van der Waals surface area (Å²) >= 11 is 0. The first-order chi connectivity index (χ1) is 7.27. The highest BCUT2D eigenvalue weighted by atomic mass is 15.2. The van der Waals surface area contributed by atoms with Gasteiger partial charge in [-0.15, -0.1) is 0 Å². The van der Waals surface area contributed by atoms with E-state index in [9.17, 15) is 0 Å². The normalized spacial score (nSPS) is 28.7. The number of rotatable bonds is 3. The molecule has 0 heterocycles. The topological polar surface area (TPSA) is 48.8 Å². The van der Waals surface area contributed by atoms with Crippen LogP contribution in [0.1, 0.15) is 18.9 Å². The average Bonchev–Trinajstić information content (AvgIpc) is 2.89. The van der Waals surface area contributed by atoms with Crippen molar-refractivity contribution in [3.63, 3.8) is 0 Å². The van der Waals surface area contributed by atoms with Gasteiger partial charge in [-0.05, 0) is 23.4 Å². The van der Waals surface area contributed by atoms with E-state index in [4.69, 9.17) is 5.53 Å². The fraction of sp³-hybridized carbons (Fsp3) is 0.333. The molecule has 1 fully saturated rings. The number of azide groups is 1. The van der Waals surface area contributed by atoms with Crippen molar-refractivity contribution in [1.29, 1.82) is 0 Å². The summed E-state index contributed by atoms with van der Waals surface area (Å²) in [5, 5.41) is 3.86. The SMILES string of the molecule is C[C@H]1C[C@]1(/C=C\c1ccccc1)N=[N+]=[N-]. The highest BCUT2D eigenvalue weighted by Crippen LogP contribution is 2.48.